The Kier molecular flexibility index (Phi) is 5.26. The Bertz CT molecular complexity index is 819. The van der Waals surface area contributed by atoms with E-state index in [4.69, 9.17) is 4.74 Å². The molecule has 3 rings (SSSR count). The number of hydrogen-bond donors (Lipinski definition) is 1. The number of esters is 1. The van der Waals surface area contributed by atoms with Crippen molar-refractivity contribution in [2.45, 2.75) is 26.7 Å². The predicted molar refractivity (Wildman–Crippen MR) is 103 cm³/mol. The van der Waals surface area contributed by atoms with E-state index in [1.165, 1.54) is 7.11 Å². The maximum Gasteiger partial charge on any atom is 0.337 e. The number of carbonyl (C=O) groups is 2. The lowest BCUT2D eigenvalue weighted by Crippen LogP contribution is -2.21. The smallest absolute Gasteiger partial charge is 0.337 e. The zero-order chi connectivity index (χ0) is 18.7. The largest absolute Gasteiger partial charge is 0.465 e. The monoisotopic (exact) mass is 352 g/mol. The number of anilines is 2. The molecule has 1 aliphatic rings. The van der Waals surface area contributed by atoms with Gasteiger partial charge in [0.25, 0.3) is 5.91 Å². The third-order valence-corrected chi connectivity index (χ3v) is 4.60. The van der Waals surface area contributed by atoms with Crippen LogP contribution in [-0.4, -0.2) is 32.1 Å². The summed E-state index contributed by atoms with van der Waals surface area (Å²) in [5.41, 5.74) is 4.69. The molecule has 1 amide bonds. The highest BCUT2D eigenvalue weighted by Gasteiger charge is 2.19. The van der Waals surface area contributed by atoms with Crippen LogP contribution in [0.15, 0.2) is 36.4 Å². The lowest BCUT2D eigenvalue weighted by molar-refractivity contribution is 0.0600. The topological polar surface area (TPSA) is 58.6 Å². The maximum atomic E-state index is 12.8. The molecule has 0 spiro atoms. The first-order chi connectivity index (χ1) is 12.5. The molecule has 1 aliphatic heterocycles. The van der Waals surface area contributed by atoms with E-state index in [9.17, 15) is 9.59 Å². The minimum atomic E-state index is -0.417. The van der Waals surface area contributed by atoms with Crippen LogP contribution in [-0.2, 0) is 4.74 Å². The van der Waals surface area contributed by atoms with Crippen molar-refractivity contribution in [1.82, 2.24) is 0 Å². The van der Waals surface area contributed by atoms with Crippen LogP contribution >= 0.6 is 0 Å². The highest BCUT2D eigenvalue weighted by Crippen LogP contribution is 2.31. The molecule has 0 bridgehead atoms. The third-order valence-electron chi connectivity index (χ3n) is 4.60. The summed E-state index contributed by atoms with van der Waals surface area (Å²) in [6, 6.07) is 11.1. The number of carbonyl (C=O) groups excluding carboxylic acids is 2. The molecule has 26 heavy (non-hydrogen) atoms. The SMILES string of the molecule is COC(=O)c1ccc(N2CCCC2)c(NC(=O)c2cc(C)cc(C)c2)c1. The van der Waals surface area contributed by atoms with Crippen molar-refractivity contribution < 1.29 is 14.3 Å². The quantitative estimate of drug-likeness (QED) is 0.847. The molecule has 1 fully saturated rings. The van der Waals surface area contributed by atoms with Crippen molar-refractivity contribution in [3.05, 3.63) is 58.7 Å². The highest BCUT2D eigenvalue weighted by atomic mass is 16.5. The normalized spacial score (nSPS) is 13.6. The standard InChI is InChI=1S/C21H24N2O3/c1-14-10-15(2)12-17(11-14)20(24)22-18-13-16(21(25)26-3)6-7-19(18)23-8-4-5-9-23/h6-7,10-13H,4-5,8-9H2,1-3H3,(H,22,24). The van der Waals surface area contributed by atoms with Gasteiger partial charge in [-0.05, 0) is 57.0 Å². The van der Waals surface area contributed by atoms with Gasteiger partial charge in [0, 0.05) is 18.7 Å². The van der Waals surface area contributed by atoms with E-state index in [1.807, 2.05) is 38.1 Å². The Morgan fingerprint density at radius 2 is 1.62 bits per heavy atom. The summed E-state index contributed by atoms with van der Waals surface area (Å²) >= 11 is 0. The number of aryl methyl sites for hydroxylation is 2. The van der Waals surface area contributed by atoms with Gasteiger partial charge in [-0.3, -0.25) is 4.79 Å². The van der Waals surface area contributed by atoms with Crippen LogP contribution in [0.1, 0.15) is 44.7 Å². The third kappa shape index (κ3) is 3.87. The van der Waals surface area contributed by atoms with E-state index in [1.54, 1.807) is 12.1 Å². The zero-order valence-corrected chi connectivity index (χ0v) is 15.5. The van der Waals surface area contributed by atoms with Gasteiger partial charge in [0.05, 0.1) is 24.0 Å². The van der Waals surface area contributed by atoms with Crippen molar-refractivity contribution in [1.29, 1.82) is 0 Å². The molecule has 0 aliphatic carbocycles. The van der Waals surface area contributed by atoms with Gasteiger partial charge in [0.2, 0.25) is 0 Å². The highest BCUT2D eigenvalue weighted by molar-refractivity contribution is 6.07. The van der Waals surface area contributed by atoms with Crippen molar-refractivity contribution in [3.8, 4) is 0 Å². The Balaban J connectivity index is 1.95. The predicted octanol–water partition coefficient (Wildman–Crippen LogP) is 3.94. The molecule has 5 nitrogen and oxygen atoms in total. The molecule has 5 heteroatoms. The van der Waals surface area contributed by atoms with E-state index in [-0.39, 0.29) is 5.91 Å². The Morgan fingerprint density at radius 3 is 2.23 bits per heavy atom. The molecular formula is C21H24N2O3. The van der Waals surface area contributed by atoms with Crippen LogP contribution in [0.2, 0.25) is 0 Å². The van der Waals surface area contributed by atoms with Gasteiger partial charge in [-0.25, -0.2) is 4.79 Å². The average molecular weight is 352 g/mol. The zero-order valence-electron chi connectivity index (χ0n) is 15.5. The first-order valence-electron chi connectivity index (χ1n) is 8.85. The van der Waals surface area contributed by atoms with Gasteiger partial charge >= 0.3 is 5.97 Å². The van der Waals surface area contributed by atoms with Gasteiger partial charge < -0.3 is 15.0 Å². The fourth-order valence-corrected chi connectivity index (χ4v) is 3.42. The van der Waals surface area contributed by atoms with Crippen molar-refractivity contribution in [2.75, 3.05) is 30.4 Å². The Morgan fingerprint density at radius 1 is 0.962 bits per heavy atom. The lowest BCUT2D eigenvalue weighted by Gasteiger charge is -2.22. The number of rotatable bonds is 4. The molecule has 1 heterocycles. The fraction of sp³-hybridized carbons (Fsp3) is 0.333. The molecular weight excluding hydrogens is 328 g/mol. The number of methoxy groups -OCH3 is 1. The van der Waals surface area contributed by atoms with Crippen LogP contribution in [0.25, 0.3) is 0 Å². The second-order valence-electron chi connectivity index (χ2n) is 6.75. The molecule has 0 aromatic heterocycles. The Hall–Kier alpha value is -2.82. The molecule has 2 aromatic rings. The van der Waals surface area contributed by atoms with Crippen LogP contribution in [0.4, 0.5) is 11.4 Å². The molecule has 0 saturated carbocycles. The number of nitrogens with one attached hydrogen (secondary N) is 1. The molecule has 0 radical (unpaired) electrons. The summed E-state index contributed by atoms with van der Waals surface area (Å²) in [6.45, 7) is 5.84. The minimum Gasteiger partial charge on any atom is -0.465 e. The Labute approximate surface area is 154 Å². The van der Waals surface area contributed by atoms with E-state index in [0.29, 0.717) is 16.8 Å². The van der Waals surface area contributed by atoms with E-state index < -0.39 is 5.97 Å². The molecule has 2 aromatic carbocycles. The van der Waals surface area contributed by atoms with Crippen LogP contribution in [0.5, 0.6) is 0 Å². The van der Waals surface area contributed by atoms with E-state index >= 15 is 0 Å². The number of amides is 1. The number of nitrogens with zero attached hydrogens (tertiary/aromatic N) is 1. The second-order valence-corrected chi connectivity index (χ2v) is 6.75. The van der Waals surface area contributed by atoms with Crippen LogP contribution in [0.3, 0.4) is 0 Å². The summed E-state index contributed by atoms with van der Waals surface area (Å²) < 4.78 is 4.81. The van der Waals surface area contributed by atoms with Gasteiger partial charge in [-0.15, -0.1) is 0 Å². The van der Waals surface area contributed by atoms with Crippen molar-refractivity contribution in [3.63, 3.8) is 0 Å². The first-order valence-corrected chi connectivity index (χ1v) is 8.85. The van der Waals surface area contributed by atoms with Crippen LogP contribution < -0.4 is 10.2 Å². The van der Waals surface area contributed by atoms with Crippen LogP contribution in [0, 0.1) is 13.8 Å². The summed E-state index contributed by atoms with van der Waals surface area (Å²) in [7, 11) is 1.35. The lowest BCUT2D eigenvalue weighted by atomic mass is 10.1. The molecule has 1 N–H and O–H groups in total. The minimum absolute atomic E-state index is 0.181. The fourth-order valence-electron chi connectivity index (χ4n) is 3.42. The summed E-state index contributed by atoms with van der Waals surface area (Å²) in [4.78, 5) is 26.9. The summed E-state index contributed by atoms with van der Waals surface area (Å²) in [5, 5.41) is 2.99. The number of ether oxygens (including phenoxy) is 1. The van der Waals surface area contributed by atoms with Gasteiger partial charge in [0.15, 0.2) is 0 Å². The van der Waals surface area contributed by atoms with E-state index in [2.05, 4.69) is 10.2 Å². The van der Waals surface area contributed by atoms with Crippen molar-refractivity contribution in [2.24, 2.45) is 0 Å². The molecule has 0 unspecified atom stereocenters. The average Bonchev–Trinajstić information content (AvgIpc) is 3.14. The van der Waals surface area contributed by atoms with Gasteiger partial charge in [-0.2, -0.15) is 0 Å². The van der Waals surface area contributed by atoms with Gasteiger partial charge in [-0.1, -0.05) is 17.2 Å². The number of benzene rings is 2. The molecule has 1 saturated heterocycles. The van der Waals surface area contributed by atoms with E-state index in [0.717, 1.165) is 42.7 Å². The first kappa shape index (κ1) is 18.0. The van der Waals surface area contributed by atoms with Gasteiger partial charge in [0.1, 0.15) is 0 Å². The van der Waals surface area contributed by atoms with Crippen molar-refractivity contribution >= 4 is 23.3 Å². The summed E-state index contributed by atoms with van der Waals surface area (Å²) in [5.74, 6) is -0.598. The summed E-state index contributed by atoms with van der Waals surface area (Å²) in [6.07, 6.45) is 2.26. The molecule has 0 atom stereocenters. The second kappa shape index (κ2) is 7.60. The maximum absolute atomic E-state index is 12.8. The molecule has 136 valence electrons. The number of hydrogen-bond acceptors (Lipinski definition) is 4.